The van der Waals surface area contributed by atoms with Gasteiger partial charge in [-0.05, 0) is 52.1 Å². The molecule has 12 rings (SSSR count). The maximum absolute atomic E-state index is 7.00. The highest BCUT2D eigenvalue weighted by Crippen LogP contribution is 2.50. The topological polar surface area (TPSA) is 56.7 Å². The van der Waals surface area contributed by atoms with Crippen molar-refractivity contribution in [3.8, 4) is 62.1 Å². The highest BCUT2D eigenvalue weighted by Gasteiger charge is 2.35. The summed E-state index contributed by atoms with van der Waals surface area (Å²) in [5, 5.41) is 4.39. The summed E-state index contributed by atoms with van der Waals surface area (Å²) in [7, 11) is 0. The average Bonchev–Trinajstić information content (AvgIpc) is 3.92. The van der Waals surface area contributed by atoms with Crippen LogP contribution in [0.25, 0.3) is 106 Å². The van der Waals surface area contributed by atoms with E-state index in [0.717, 1.165) is 77.2 Å². The smallest absolute Gasteiger partial charge is 0.166 e. The van der Waals surface area contributed by atoms with E-state index >= 15 is 0 Å². The summed E-state index contributed by atoms with van der Waals surface area (Å²) in [5.41, 5.74) is 14.7. The van der Waals surface area contributed by atoms with Crippen LogP contribution in [0, 0.1) is 0 Å². The van der Waals surface area contributed by atoms with Crippen LogP contribution in [-0.2, 0) is 5.41 Å². The van der Waals surface area contributed by atoms with Gasteiger partial charge in [0.1, 0.15) is 5.58 Å². The van der Waals surface area contributed by atoms with Gasteiger partial charge in [-0.2, -0.15) is 0 Å². The first-order valence-corrected chi connectivity index (χ1v) is 20.1. The molecule has 1 aliphatic rings. The van der Waals surface area contributed by atoms with Gasteiger partial charge in [0, 0.05) is 49.2 Å². The van der Waals surface area contributed by atoms with Crippen LogP contribution < -0.4 is 0 Å². The molecule has 0 atom stereocenters. The molecule has 0 bridgehead atoms. The molecule has 0 saturated carbocycles. The zero-order chi connectivity index (χ0) is 39.2. The van der Waals surface area contributed by atoms with E-state index < -0.39 is 0 Å². The first-order valence-electron chi connectivity index (χ1n) is 20.1. The molecule has 0 aliphatic heterocycles. The molecule has 8 aromatic carbocycles. The Labute approximate surface area is 340 Å². The Bertz CT molecular complexity index is 3470. The highest BCUT2D eigenvalue weighted by atomic mass is 16.3. The standard InChI is InChI=1S/C54H36N4O/c1-54(2)44-27-11-9-20-37(44)38-31-30-35(32-45(38)54)52-55-51(34-18-7-4-8-19-34)56-53(57-52)43-26-14-23-40-39-21-10-12-28-46(39)58(48(40)43)47-29-15-25-42-41-24-13-22-36(49(41)59-50(42)47)33-16-5-3-6-17-33/h3-32H,1-2H3. The molecule has 11 aromatic rings. The van der Waals surface area contributed by atoms with Crippen molar-refractivity contribution in [1.29, 1.82) is 0 Å². The van der Waals surface area contributed by atoms with Gasteiger partial charge in [-0.15, -0.1) is 0 Å². The van der Waals surface area contributed by atoms with Crippen LogP contribution in [0.5, 0.6) is 0 Å². The normalized spacial score (nSPS) is 13.1. The zero-order valence-electron chi connectivity index (χ0n) is 32.5. The monoisotopic (exact) mass is 756 g/mol. The highest BCUT2D eigenvalue weighted by molar-refractivity contribution is 6.16. The number of para-hydroxylation sites is 4. The van der Waals surface area contributed by atoms with E-state index in [2.05, 4.69) is 176 Å². The number of furan rings is 1. The van der Waals surface area contributed by atoms with Crippen molar-refractivity contribution in [2.24, 2.45) is 0 Å². The molecule has 3 aromatic heterocycles. The molecule has 0 unspecified atom stereocenters. The lowest BCUT2D eigenvalue weighted by atomic mass is 9.82. The fourth-order valence-electron chi connectivity index (χ4n) is 9.46. The van der Waals surface area contributed by atoms with Gasteiger partial charge in [0.15, 0.2) is 23.1 Å². The van der Waals surface area contributed by atoms with Gasteiger partial charge in [-0.1, -0.05) is 172 Å². The van der Waals surface area contributed by atoms with Gasteiger partial charge >= 0.3 is 0 Å². The van der Waals surface area contributed by atoms with Crippen molar-refractivity contribution in [2.45, 2.75) is 19.3 Å². The third-order valence-corrected chi connectivity index (χ3v) is 12.3. The van der Waals surface area contributed by atoms with Crippen molar-refractivity contribution < 1.29 is 4.42 Å². The Morgan fingerprint density at radius 3 is 1.80 bits per heavy atom. The lowest BCUT2D eigenvalue weighted by molar-refractivity contribution is 0.660. The summed E-state index contributed by atoms with van der Waals surface area (Å²) in [6.07, 6.45) is 0. The van der Waals surface area contributed by atoms with Crippen LogP contribution in [0.3, 0.4) is 0 Å². The molecule has 5 heteroatoms. The number of benzene rings is 8. The Hall–Kier alpha value is -7.63. The summed E-state index contributed by atoms with van der Waals surface area (Å²) in [5.74, 6) is 1.87. The van der Waals surface area contributed by atoms with Crippen LogP contribution in [0.2, 0.25) is 0 Å². The predicted molar refractivity (Wildman–Crippen MR) is 241 cm³/mol. The Kier molecular flexibility index (Phi) is 7.20. The minimum Gasteiger partial charge on any atom is -0.453 e. The van der Waals surface area contributed by atoms with E-state index in [4.69, 9.17) is 19.4 Å². The minimum atomic E-state index is -0.161. The third-order valence-electron chi connectivity index (χ3n) is 12.3. The number of hydrogen-bond acceptors (Lipinski definition) is 4. The molecular weight excluding hydrogens is 721 g/mol. The average molecular weight is 757 g/mol. The van der Waals surface area contributed by atoms with Crippen LogP contribution in [0.1, 0.15) is 25.0 Å². The predicted octanol–water partition coefficient (Wildman–Crippen LogP) is 13.8. The summed E-state index contributed by atoms with van der Waals surface area (Å²) >= 11 is 0. The molecule has 3 heterocycles. The number of nitrogens with zero attached hydrogens (tertiary/aromatic N) is 4. The quantitative estimate of drug-likeness (QED) is 0.175. The fourth-order valence-corrected chi connectivity index (χ4v) is 9.46. The van der Waals surface area contributed by atoms with Crippen molar-refractivity contribution >= 4 is 43.7 Å². The maximum atomic E-state index is 7.00. The van der Waals surface area contributed by atoms with Crippen molar-refractivity contribution in [1.82, 2.24) is 19.5 Å². The van der Waals surface area contributed by atoms with Gasteiger partial charge in [0.05, 0.1) is 16.7 Å². The number of aromatic nitrogens is 4. The molecular formula is C54H36N4O. The van der Waals surface area contributed by atoms with Crippen LogP contribution in [0.4, 0.5) is 0 Å². The first-order chi connectivity index (χ1) is 29.0. The van der Waals surface area contributed by atoms with E-state index in [9.17, 15) is 0 Å². The number of rotatable bonds is 5. The second kappa shape index (κ2) is 12.7. The van der Waals surface area contributed by atoms with Crippen LogP contribution in [0.15, 0.2) is 186 Å². The maximum Gasteiger partial charge on any atom is 0.166 e. The van der Waals surface area contributed by atoms with Crippen molar-refractivity contribution in [2.75, 3.05) is 0 Å². The van der Waals surface area contributed by atoms with Gasteiger partial charge in [-0.25, -0.2) is 15.0 Å². The molecule has 0 amide bonds. The molecule has 59 heavy (non-hydrogen) atoms. The number of hydrogen-bond donors (Lipinski definition) is 0. The SMILES string of the molecule is CC1(C)c2ccccc2-c2ccc(-c3nc(-c4ccccc4)nc(-c4cccc5c6ccccc6n(-c6cccc7c6oc6c(-c8ccccc8)cccc67)c45)n3)cc21. The van der Waals surface area contributed by atoms with Crippen LogP contribution >= 0.6 is 0 Å². The Morgan fingerprint density at radius 2 is 0.983 bits per heavy atom. The Balaban J connectivity index is 1.12. The summed E-state index contributed by atoms with van der Waals surface area (Å²) in [4.78, 5) is 15.8. The lowest BCUT2D eigenvalue weighted by Gasteiger charge is -2.21. The second-order valence-corrected chi connectivity index (χ2v) is 16.0. The van der Waals surface area contributed by atoms with Crippen LogP contribution in [-0.4, -0.2) is 19.5 Å². The molecule has 5 nitrogen and oxygen atoms in total. The van der Waals surface area contributed by atoms with E-state index in [1.807, 2.05) is 24.3 Å². The molecule has 0 spiro atoms. The largest absolute Gasteiger partial charge is 0.453 e. The molecule has 0 radical (unpaired) electrons. The zero-order valence-corrected chi connectivity index (χ0v) is 32.5. The van der Waals surface area contributed by atoms with E-state index in [1.165, 1.54) is 22.3 Å². The van der Waals surface area contributed by atoms with Crippen molar-refractivity contribution in [3.05, 3.63) is 193 Å². The van der Waals surface area contributed by atoms with Gasteiger partial charge in [0.2, 0.25) is 0 Å². The van der Waals surface area contributed by atoms with Gasteiger partial charge < -0.3 is 8.98 Å². The van der Waals surface area contributed by atoms with Gasteiger partial charge in [0.25, 0.3) is 0 Å². The first kappa shape index (κ1) is 33.5. The van der Waals surface area contributed by atoms with E-state index in [0.29, 0.717) is 17.5 Å². The minimum absolute atomic E-state index is 0.161. The summed E-state index contributed by atoms with van der Waals surface area (Å²) in [6.45, 7) is 4.61. The molecule has 0 fully saturated rings. The summed E-state index contributed by atoms with van der Waals surface area (Å²) in [6, 6.07) is 64.0. The van der Waals surface area contributed by atoms with Gasteiger partial charge in [-0.3, -0.25) is 0 Å². The Morgan fingerprint density at radius 1 is 0.407 bits per heavy atom. The fraction of sp³-hybridized carbons (Fsp3) is 0.0556. The third kappa shape index (κ3) is 5.01. The summed E-state index contributed by atoms with van der Waals surface area (Å²) < 4.78 is 9.35. The van der Waals surface area contributed by atoms with E-state index in [-0.39, 0.29) is 5.41 Å². The lowest BCUT2D eigenvalue weighted by Crippen LogP contribution is -2.15. The second-order valence-electron chi connectivity index (χ2n) is 16.0. The van der Waals surface area contributed by atoms with Crippen molar-refractivity contribution in [3.63, 3.8) is 0 Å². The number of fused-ring (bicyclic) bond motifs is 9. The molecule has 278 valence electrons. The molecule has 1 aliphatic carbocycles. The molecule has 0 N–H and O–H groups in total. The van der Waals surface area contributed by atoms with E-state index in [1.54, 1.807) is 0 Å². The molecule has 0 saturated heterocycles.